The van der Waals surface area contributed by atoms with Gasteiger partial charge in [-0.05, 0) is 37.5 Å². The molecule has 0 aliphatic carbocycles. The van der Waals surface area contributed by atoms with Gasteiger partial charge in [0.2, 0.25) is 0 Å². The molecule has 0 bridgehead atoms. The van der Waals surface area contributed by atoms with Crippen LogP contribution >= 0.6 is 11.5 Å². The van der Waals surface area contributed by atoms with Gasteiger partial charge in [-0.1, -0.05) is 16.6 Å². The molecular weight excluding hydrogens is 284 g/mol. The van der Waals surface area contributed by atoms with E-state index in [0.29, 0.717) is 6.42 Å². The molecule has 0 saturated carbocycles. The second kappa shape index (κ2) is 5.88. The first kappa shape index (κ1) is 14.1. The fourth-order valence-corrected chi connectivity index (χ4v) is 3.30. The number of hydrazine groups is 1. The van der Waals surface area contributed by atoms with Crippen LogP contribution in [0.2, 0.25) is 0 Å². The third-order valence-corrected chi connectivity index (χ3v) is 4.58. The van der Waals surface area contributed by atoms with Crippen LogP contribution in [0.5, 0.6) is 0 Å². The number of hydrogen-bond acceptors (Lipinski definition) is 6. The summed E-state index contributed by atoms with van der Waals surface area (Å²) in [6, 6.07) is 8.16. The van der Waals surface area contributed by atoms with E-state index >= 15 is 0 Å². The van der Waals surface area contributed by atoms with E-state index in [1.165, 1.54) is 11.5 Å². The number of para-hydroxylation sites is 2. The molecule has 0 amide bonds. The van der Waals surface area contributed by atoms with E-state index in [-0.39, 0.29) is 6.04 Å². The Morgan fingerprint density at radius 1 is 1.38 bits per heavy atom. The Kier molecular flexibility index (Phi) is 3.96. The lowest BCUT2D eigenvalue weighted by Gasteiger charge is -2.14. The minimum atomic E-state index is -0.0212. The van der Waals surface area contributed by atoms with Gasteiger partial charge in [0.15, 0.2) is 0 Å². The van der Waals surface area contributed by atoms with Gasteiger partial charge in [-0.25, -0.2) is 4.98 Å². The number of aryl methyl sites for hydroxylation is 2. The molecule has 3 aromatic rings. The molecule has 0 radical (unpaired) electrons. The lowest BCUT2D eigenvalue weighted by Crippen LogP contribution is -2.30. The molecule has 0 saturated heterocycles. The Morgan fingerprint density at radius 3 is 2.86 bits per heavy atom. The topological polar surface area (TPSA) is 81.7 Å². The van der Waals surface area contributed by atoms with Gasteiger partial charge in [0.25, 0.3) is 0 Å². The van der Waals surface area contributed by atoms with E-state index < -0.39 is 0 Å². The molecule has 1 atom stereocenters. The maximum absolute atomic E-state index is 5.73. The van der Waals surface area contributed by atoms with Gasteiger partial charge < -0.3 is 4.57 Å². The molecule has 21 heavy (non-hydrogen) atoms. The van der Waals surface area contributed by atoms with Gasteiger partial charge >= 0.3 is 0 Å². The molecule has 2 aromatic heterocycles. The molecule has 1 aromatic carbocycles. The Hall–Kier alpha value is -1.83. The number of aromatic nitrogens is 4. The van der Waals surface area contributed by atoms with Crippen LogP contribution in [0.3, 0.4) is 0 Å². The maximum Gasteiger partial charge on any atom is 0.111 e. The van der Waals surface area contributed by atoms with E-state index in [0.717, 1.165) is 34.0 Å². The normalized spacial score (nSPS) is 12.9. The third-order valence-electron chi connectivity index (χ3n) is 3.64. The first-order valence-electron chi connectivity index (χ1n) is 6.93. The number of nitrogens with zero attached hydrogens (tertiary/aromatic N) is 4. The molecule has 1 unspecified atom stereocenters. The van der Waals surface area contributed by atoms with Crippen LogP contribution in [0.4, 0.5) is 0 Å². The van der Waals surface area contributed by atoms with Crippen molar-refractivity contribution in [2.45, 2.75) is 32.9 Å². The number of nitrogens with two attached hydrogens (primary N) is 1. The van der Waals surface area contributed by atoms with Crippen LogP contribution in [0.15, 0.2) is 24.3 Å². The molecule has 6 nitrogen and oxygen atoms in total. The SMILES string of the molecule is CCn1c(CC(NN)c2snnc2C)nc2ccccc21. The van der Waals surface area contributed by atoms with Crippen molar-refractivity contribution in [2.24, 2.45) is 5.84 Å². The summed E-state index contributed by atoms with van der Waals surface area (Å²) >= 11 is 1.38. The number of hydrogen-bond donors (Lipinski definition) is 2. The van der Waals surface area contributed by atoms with Crippen molar-refractivity contribution in [1.29, 1.82) is 0 Å². The van der Waals surface area contributed by atoms with Crippen LogP contribution in [-0.2, 0) is 13.0 Å². The molecule has 0 fully saturated rings. The van der Waals surface area contributed by atoms with Gasteiger partial charge in [-0.15, -0.1) is 5.10 Å². The highest BCUT2D eigenvalue weighted by Gasteiger charge is 2.20. The van der Waals surface area contributed by atoms with Crippen LogP contribution in [-0.4, -0.2) is 19.1 Å². The van der Waals surface area contributed by atoms with Gasteiger partial charge in [-0.3, -0.25) is 11.3 Å². The second-order valence-electron chi connectivity index (χ2n) is 4.91. The highest BCUT2D eigenvalue weighted by Crippen LogP contribution is 2.25. The Bertz CT molecular complexity index is 747. The molecule has 3 N–H and O–H groups in total. The standard InChI is InChI=1S/C14H18N6S/c1-3-20-12-7-5-4-6-10(12)16-13(20)8-11(17-15)14-9(2)18-19-21-14/h4-7,11,17H,3,8,15H2,1-2H3. The highest BCUT2D eigenvalue weighted by atomic mass is 32.1. The zero-order valence-electron chi connectivity index (χ0n) is 12.1. The number of nitrogens with one attached hydrogen (secondary N) is 1. The number of rotatable bonds is 5. The summed E-state index contributed by atoms with van der Waals surface area (Å²) in [5.74, 6) is 6.75. The van der Waals surface area contributed by atoms with Gasteiger partial charge in [0.1, 0.15) is 5.82 Å². The van der Waals surface area contributed by atoms with E-state index in [4.69, 9.17) is 10.8 Å². The van der Waals surface area contributed by atoms with E-state index in [9.17, 15) is 0 Å². The lowest BCUT2D eigenvalue weighted by molar-refractivity contribution is 0.530. The predicted octanol–water partition coefficient (Wildman–Crippen LogP) is 1.96. The molecular formula is C14H18N6S. The van der Waals surface area contributed by atoms with Crippen LogP contribution < -0.4 is 11.3 Å². The lowest BCUT2D eigenvalue weighted by atomic mass is 10.1. The van der Waals surface area contributed by atoms with Crippen molar-refractivity contribution in [3.8, 4) is 0 Å². The first-order valence-corrected chi connectivity index (χ1v) is 7.71. The summed E-state index contributed by atoms with van der Waals surface area (Å²) in [6.07, 6.45) is 0.712. The first-order chi connectivity index (χ1) is 10.2. The minimum Gasteiger partial charge on any atom is -0.328 e. The fourth-order valence-electron chi connectivity index (χ4n) is 2.60. The second-order valence-corrected chi connectivity index (χ2v) is 5.69. The third kappa shape index (κ3) is 2.55. The maximum atomic E-state index is 5.73. The van der Waals surface area contributed by atoms with E-state index in [2.05, 4.69) is 32.6 Å². The summed E-state index contributed by atoms with van der Waals surface area (Å²) in [4.78, 5) is 5.80. The van der Waals surface area contributed by atoms with Crippen molar-refractivity contribution in [2.75, 3.05) is 0 Å². The van der Waals surface area contributed by atoms with E-state index in [1.807, 2.05) is 25.1 Å². The zero-order chi connectivity index (χ0) is 14.8. The van der Waals surface area contributed by atoms with Crippen LogP contribution in [0.1, 0.15) is 29.4 Å². The molecule has 0 spiro atoms. The summed E-state index contributed by atoms with van der Waals surface area (Å²) in [5, 5.41) is 4.06. The summed E-state index contributed by atoms with van der Waals surface area (Å²) in [6.45, 7) is 4.96. The fraction of sp³-hybridized carbons (Fsp3) is 0.357. The van der Waals surface area contributed by atoms with Crippen molar-refractivity contribution in [1.82, 2.24) is 24.6 Å². The Morgan fingerprint density at radius 2 is 2.19 bits per heavy atom. The average molecular weight is 302 g/mol. The van der Waals surface area contributed by atoms with Crippen molar-refractivity contribution < 1.29 is 0 Å². The zero-order valence-corrected chi connectivity index (χ0v) is 12.9. The number of imidazole rings is 1. The number of fused-ring (bicyclic) bond motifs is 1. The monoisotopic (exact) mass is 302 g/mol. The van der Waals surface area contributed by atoms with Gasteiger partial charge in [0, 0.05) is 13.0 Å². The largest absolute Gasteiger partial charge is 0.328 e. The molecule has 110 valence electrons. The molecule has 7 heteroatoms. The average Bonchev–Trinajstić information content (AvgIpc) is 3.07. The molecule has 2 heterocycles. The smallest absolute Gasteiger partial charge is 0.111 e. The Balaban J connectivity index is 1.98. The van der Waals surface area contributed by atoms with Gasteiger partial charge in [-0.2, -0.15) is 0 Å². The van der Waals surface area contributed by atoms with E-state index in [1.54, 1.807) is 0 Å². The summed E-state index contributed by atoms with van der Waals surface area (Å²) in [7, 11) is 0. The molecule has 0 aliphatic rings. The van der Waals surface area contributed by atoms with Crippen molar-refractivity contribution in [3.05, 3.63) is 40.7 Å². The van der Waals surface area contributed by atoms with Crippen molar-refractivity contribution in [3.63, 3.8) is 0 Å². The predicted molar refractivity (Wildman–Crippen MR) is 83.8 cm³/mol. The van der Waals surface area contributed by atoms with Crippen LogP contribution in [0.25, 0.3) is 11.0 Å². The molecule has 0 aliphatic heterocycles. The highest BCUT2D eigenvalue weighted by molar-refractivity contribution is 7.05. The quantitative estimate of drug-likeness (QED) is 0.556. The summed E-state index contributed by atoms with van der Waals surface area (Å²) < 4.78 is 6.21. The van der Waals surface area contributed by atoms with Gasteiger partial charge in [0.05, 0.1) is 27.6 Å². The minimum absolute atomic E-state index is 0.0212. The number of benzene rings is 1. The van der Waals surface area contributed by atoms with Crippen LogP contribution in [0, 0.1) is 6.92 Å². The van der Waals surface area contributed by atoms with Crippen molar-refractivity contribution >= 4 is 22.6 Å². The molecule has 3 rings (SSSR count). The Labute approximate surface area is 127 Å². The summed E-state index contributed by atoms with van der Waals surface area (Å²) in [5.41, 5.74) is 5.96.